The summed E-state index contributed by atoms with van der Waals surface area (Å²) in [5.41, 5.74) is 3.18. The van der Waals surface area contributed by atoms with Gasteiger partial charge in [-0.3, -0.25) is 9.59 Å². The molecule has 160 valence electrons. The highest BCUT2D eigenvalue weighted by Crippen LogP contribution is 2.47. The van der Waals surface area contributed by atoms with Crippen LogP contribution in [0.25, 0.3) is 0 Å². The van der Waals surface area contributed by atoms with Crippen molar-refractivity contribution in [3.63, 3.8) is 0 Å². The highest BCUT2D eigenvalue weighted by atomic mass is 16.5. The van der Waals surface area contributed by atoms with E-state index in [2.05, 4.69) is 33.8 Å². The molecule has 2 rings (SSSR count). The van der Waals surface area contributed by atoms with Gasteiger partial charge in [0.1, 0.15) is 11.5 Å². The highest BCUT2D eigenvalue weighted by Gasteiger charge is 2.33. The van der Waals surface area contributed by atoms with Crippen LogP contribution in [0.4, 0.5) is 0 Å². The number of allylic oxidation sites excluding steroid dienone is 2. The number of hydrogen-bond acceptors (Lipinski definition) is 4. The van der Waals surface area contributed by atoms with E-state index in [0.717, 1.165) is 49.7 Å². The van der Waals surface area contributed by atoms with Crippen LogP contribution >= 0.6 is 0 Å². The lowest BCUT2D eigenvalue weighted by Gasteiger charge is -2.34. The molecule has 0 aromatic heterocycles. The lowest BCUT2D eigenvalue weighted by atomic mass is 9.71. The predicted molar refractivity (Wildman–Crippen MR) is 116 cm³/mol. The minimum atomic E-state index is -0.358. The molecule has 0 radical (unpaired) electrons. The molecule has 0 amide bonds. The van der Waals surface area contributed by atoms with Crippen molar-refractivity contribution in [3.8, 4) is 11.5 Å². The molecular weight excluding hydrogens is 364 g/mol. The Morgan fingerprint density at radius 1 is 1.07 bits per heavy atom. The number of rotatable bonds is 8. The zero-order valence-electron chi connectivity index (χ0n) is 18.8. The summed E-state index contributed by atoms with van der Waals surface area (Å²) in [5.74, 6) is 1.26. The largest absolute Gasteiger partial charge is 0.426 e. The van der Waals surface area contributed by atoms with E-state index >= 15 is 0 Å². The number of unbranched alkanes of at least 4 members (excludes halogenated alkanes) is 2. The molecule has 0 spiro atoms. The van der Waals surface area contributed by atoms with Gasteiger partial charge < -0.3 is 9.47 Å². The fourth-order valence-electron chi connectivity index (χ4n) is 4.32. The molecule has 4 heteroatoms. The summed E-state index contributed by atoms with van der Waals surface area (Å²) >= 11 is 0. The summed E-state index contributed by atoms with van der Waals surface area (Å²) in [6.07, 6.45) is 8.58. The Kier molecular flexibility index (Phi) is 8.48. The average molecular weight is 401 g/mol. The summed E-state index contributed by atoms with van der Waals surface area (Å²) in [5, 5.41) is 0. The molecule has 0 aliphatic heterocycles. The molecule has 2 atom stereocenters. The number of ether oxygens (including phenoxy) is 2. The van der Waals surface area contributed by atoms with Crippen LogP contribution in [0.15, 0.2) is 23.8 Å². The molecule has 0 saturated carbocycles. The molecule has 1 aliphatic carbocycles. The zero-order valence-corrected chi connectivity index (χ0v) is 18.8. The van der Waals surface area contributed by atoms with Crippen LogP contribution in [0.3, 0.4) is 0 Å². The predicted octanol–water partition coefficient (Wildman–Crippen LogP) is 6.37. The Balaban J connectivity index is 2.62. The summed E-state index contributed by atoms with van der Waals surface area (Å²) < 4.78 is 11.3. The van der Waals surface area contributed by atoms with Crippen molar-refractivity contribution >= 4 is 11.9 Å². The van der Waals surface area contributed by atoms with E-state index in [1.54, 1.807) is 0 Å². The first-order valence-electron chi connectivity index (χ1n) is 10.9. The first-order valence-corrected chi connectivity index (χ1v) is 10.9. The van der Waals surface area contributed by atoms with Gasteiger partial charge in [-0.25, -0.2) is 0 Å². The number of esters is 2. The van der Waals surface area contributed by atoms with Gasteiger partial charge in [0.2, 0.25) is 0 Å². The van der Waals surface area contributed by atoms with E-state index in [1.165, 1.54) is 19.4 Å². The maximum Gasteiger partial charge on any atom is 0.308 e. The first-order chi connectivity index (χ1) is 13.7. The van der Waals surface area contributed by atoms with Gasteiger partial charge in [0, 0.05) is 25.3 Å². The van der Waals surface area contributed by atoms with Gasteiger partial charge in [-0.1, -0.05) is 45.3 Å². The van der Waals surface area contributed by atoms with Gasteiger partial charge in [0.15, 0.2) is 0 Å². The van der Waals surface area contributed by atoms with Crippen LogP contribution in [0.2, 0.25) is 0 Å². The van der Waals surface area contributed by atoms with Crippen molar-refractivity contribution in [3.05, 3.63) is 34.9 Å². The van der Waals surface area contributed by atoms with E-state index in [0.29, 0.717) is 23.3 Å². The van der Waals surface area contributed by atoms with Crippen LogP contribution in [0.1, 0.15) is 90.7 Å². The van der Waals surface area contributed by atoms with Crippen LogP contribution in [0.5, 0.6) is 11.5 Å². The van der Waals surface area contributed by atoms with Gasteiger partial charge in [-0.15, -0.1) is 0 Å². The molecule has 1 aromatic carbocycles. The normalized spacial score (nSPS) is 19.1. The van der Waals surface area contributed by atoms with Crippen molar-refractivity contribution in [1.82, 2.24) is 0 Å². The van der Waals surface area contributed by atoms with E-state index in [4.69, 9.17) is 9.47 Å². The van der Waals surface area contributed by atoms with Gasteiger partial charge in [0.25, 0.3) is 0 Å². The van der Waals surface area contributed by atoms with Crippen molar-refractivity contribution in [2.24, 2.45) is 11.8 Å². The third kappa shape index (κ3) is 6.45. The molecule has 29 heavy (non-hydrogen) atoms. The fraction of sp³-hybridized carbons (Fsp3) is 0.600. The summed E-state index contributed by atoms with van der Waals surface area (Å²) in [6.45, 7) is 11.6. The monoisotopic (exact) mass is 400 g/mol. The molecule has 0 unspecified atom stereocenters. The van der Waals surface area contributed by atoms with E-state index in [9.17, 15) is 9.59 Å². The molecular formula is C25H36O4. The quantitative estimate of drug-likeness (QED) is 0.220. The van der Waals surface area contributed by atoms with Gasteiger partial charge in [-0.05, 0) is 62.1 Å². The van der Waals surface area contributed by atoms with Gasteiger partial charge >= 0.3 is 11.9 Å². The minimum Gasteiger partial charge on any atom is -0.426 e. The second-order valence-electron chi connectivity index (χ2n) is 8.64. The Hall–Kier alpha value is -2.10. The van der Waals surface area contributed by atoms with Crippen molar-refractivity contribution in [2.45, 2.75) is 86.0 Å². The van der Waals surface area contributed by atoms with Crippen molar-refractivity contribution in [2.75, 3.05) is 0 Å². The summed E-state index contributed by atoms with van der Waals surface area (Å²) in [6, 6.07) is 3.93. The summed E-state index contributed by atoms with van der Waals surface area (Å²) in [4.78, 5) is 23.8. The smallest absolute Gasteiger partial charge is 0.308 e. The molecule has 0 saturated heterocycles. The standard InChI is InChI=1S/C25H36O4/c1-7-8-9-10-20-14-23(28-18(5)26)25(24(15-20)29-19(6)27)22-13-17(4)11-12-21(22)16(2)3/h13-16,21-22H,7-12H2,1-6H3/t21-,22+/m0/s1. The van der Waals surface area contributed by atoms with Gasteiger partial charge in [-0.2, -0.15) is 0 Å². The Morgan fingerprint density at radius 3 is 2.14 bits per heavy atom. The Morgan fingerprint density at radius 2 is 1.66 bits per heavy atom. The average Bonchev–Trinajstić information content (AvgIpc) is 2.60. The first kappa shape index (κ1) is 23.2. The summed E-state index contributed by atoms with van der Waals surface area (Å²) in [7, 11) is 0. The second-order valence-corrected chi connectivity index (χ2v) is 8.64. The zero-order chi connectivity index (χ0) is 21.6. The number of hydrogen-bond donors (Lipinski definition) is 0. The maximum atomic E-state index is 11.9. The number of carbonyl (C=O) groups excluding carboxylic acids is 2. The van der Waals surface area contributed by atoms with E-state index < -0.39 is 0 Å². The van der Waals surface area contributed by atoms with Crippen LogP contribution < -0.4 is 9.47 Å². The minimum absolute atomic E-state index is 0.0529. The van der Waals surface area contributed by atoms with Crippen LogP contribution in [-0.2, 0) is 16.0 Å². The molecule has 1 aromatic rings. The number of carbonyl (C=O) groups is 2. The molecule has 0 heterocycles. The lowest BCUT2D eigenvalue weighted by molar-refractivity contribution is -0.132. The Labute approximate surface area is 175 Å². The lowest BCUT2D eigenvalue weighted by Crippen LogP contribution is -2.23. The Bertz CT molecular complexity index is 723. The van der Waals surface area contributed by atoms with Crippen LogP contribution in [0, 0.1) is 11.8 Å². The van der Waals surface area contributed by atoms with Crippen molar-refractivity contribution < 1.29 is 19.1 Å². The molecule has 0 N–H and O–H groups in total. The maximum absolute atomic E-state index is 11.9. The number of aryl methyl sites for hydroxylation is 1. The second kappa shape index (κ2) is 10.6. The van der Waals surface area contributed by atoms with Crippen LogP contribution in [-0.4, -0.2) is 11.9 Å². The fourth-order valence-corrected chi connectivity index (χ4v) is 4.32. The topological polar surface area (TPSA) is 52.6 Å². The van der Waals surface area contributed by atoms with E-state index in [-0.39, 0.29) is 17.9 Å². The number of benzene rings is 1. The molecule has 0 bridgehead atoms. The third-order valence-corrected chi connectivity index (χ3v) is 5.73. The SMILES string of the molecule is CCCCCc1cc(OC(C)=O)c([C@@H]2C=C(C)CC[C@H]2C(C)C)c(OC(C)=O)c1. The van der Waals surface area contributed by atoms with Crippen molar-refractivity contribution in [1.29, 1.82) is 0 Å². The third-order valence-electron chi connectivity index (χ3n) is 5.73. The van der Waals surface area contributed by atoms with E-state index in [1.807, 2.05) is 12.1 Å². The van der Waals surface area contributed by atoms with Gasteiger partial charge in [0.05, 0.1) is 0 Å². The highest BCUT2D eigenvalue weighted by molar-refractivity contribution is 5.73. The molecule has 0 fully saturated rings. The molecule has 4 nitrogen and oxygen atoms in total. The molecule has 1 aliphatic rings.